The number of hydrogen-bond donors (Lipinski definition) is 1. The van der Waals surface area contributed by atoms with Crippen molar-refractivity contribution in [3.63, 3.8) is 0 Å². The summed E-state index contributed by atoms with van der Waals surface area (Å²) in [5.41, 5.74) is 0. The van der Waals surface area contributed by atoms with E-state index < -0.39 is 0 Å². The van der Waals surface area contributed by atoms with Crippen molar-refractivity contribution >= 4 is 0 Å². The zero-order valence-electron chi connectivity index (χ0n) is 28.2. The first-order chi connectivity index (χ1) is 22.9. The predicted octanol–water partition coefficient (Wildman–Crippen LogP) is 1.46. The van der Waals surface area contributed by atoms with Gasteiger partial charge in [0, 0.05) is 6.61 Å². The van der Waals surface area contributed by atoms with Gasteiger partial charge in [0.05, 0.1) is 151 Å². The Balaban J connectivity index is 1.12. The summed E-state index contributed by atoms with van der Waals surface area (Å²) < 4.78 is 71.9. The lowest BCUT2D eigenvalue weighted by Crippen LogP contribution is -2.33. The molecule has 1 unspecified atom stereocenters. The van der Waals surface area contributed by atoms with E-state index in [2.05, 4.69) is 5.32 Å². The molecule has 2 fully saturated rings. The van der Waals surface area contributed by atoms with Gasteiger partial charge in [-0.1, -0.05) is 0 Å². The maximum atomic E-state index is 5.79. The summed E-state index contributed by atoms with van der Waals surface area (Å²) in [4.78, 5) is 0. The Bertz CT molecular complexity index is 548. The van der Waals surface area contributed by atoms with Gasteiger partial charge in [-0.2, -0.15) is 0 Å². The smallest absolute Gasteiger partial charge is 0.157 e. The molecule has 1 N–H and O–H groups in total. The van der Waals surface area contributed by atoms with E-state index in [0.717, 1.165) is 45.4 Å². The molecular weight excluding hydrogens is 606 g/mol. The first kappa shape index (κ1) is 41.6. The summed E-state index contributed by atoms with van der Waals surface area (Å²) in [7, 11) is 0. The van der Waals surface area contributed by atoms with E-state index >= 15 is 0 Å². The van der Waals surface area contributed by atoms with Crippen molar-refractivity contribution < 1.29 is 61.6 Å². The van der Waals surface area contributed by atoms with Crippen LogP contribution in [0.2, 0.25) is 0 Å². The average Bonchev–Trinajstić information content (AvgIpc) is 3.09. The molecule has 0 spiro atoms. The zero-order chi connectivity index (χ0) is 32.3. The van der Waals surface area contributed by atoms with E-state index in [1.807, 2.05) is 0 Å². The highest BCUT2D eigenvalue weighted by Crippen LogP contribution is 2.13. The van der Waals surface area contributed by atoms with Crippen molar-refractivity contribution in [1.82, 2.24) is 5.32 Å². The molecule has 2 saturated heterocycles. The van der Waals surface area contributed by atoms with Gasteiger partial charge in [0.15, 0.2) is 6.29 Å². The molecule has 2 aliphatic heterocycles. The molecule has 0 aromatic rings. The Labute approximate surface area is 276 Å². The van der Waals surface area contributed by atoms with Crippen LogP contribution in [0.1, 0.15) is 32.1 Å². The molecule has 1 atom stereocenters. The lowest BCUT2D eigenvalue weighted by Gasteiger charge is -2.22. The lowest BCUT2D eigenvalue weighted by atomic mass is 10.1. The van der Waals surface area contributed by atoms with Crippen LogP contribution in [-0.2, 0) is 61.6 Å². The Kier molecular flexibility index (Phi) is 31.0. The van der Waals surface area contributed by atoms with Crippen LogP contribution in [0.3, 0.4) is 0 Å². The summed E-state index contributed by atoms with van der Waals surface area (Å²) in [5, 5.41) is 3.33. The minimum absolute atomic E-state index is 0.0641. The van der Waals surface area contributed by atoms with Gasteiger partial charge in [-0.15, -0.1) is 0 Å². The highest BCUT2D eigenvalue weighted by Gasteiger charge is 2.14. The molecule has 0 aromatic heterocycles. The lowest BCUT2D eigenvalue weighted by molar-refractivity contribution is -0.169. The number of piperidine rings is 1. The van der Waals surface area contributed by atoms with Gasteiger partial charge in [0.1, 0.15) is 0 Å². The molecule has 0 saturated carbocycles. The van der Waals surface area contributed by atoms with Crippen LogP contribution in [0, 0.1) is 0 Å². The second kappa shape index (κ2) is 34.3. The minimum atomic E-state index is -0.0641. The maximum Gasteiger partial charge on any atom is 0.157 e. The third kappa shape index (κ3) is 28.5. The second-order valence-electron chi connectivity index (χ2n) is 10.6. The van der Waals surface area contributed by atoms with Gasteiger partial charge in [0.25, 0.3) is 0 Å². The Morgan fingerprint density at radius 3 is 1.02 bits per heavy atom. The zero-order valence-corrected chi connectivity index (χ0v) is 28.2. The fraction of sp³-hybridized carbons (Fsp3) is 1.00. The quantitative estimate of drug-likeness (QED) is 0.0977. The molecule has 2 rings (SSSR count). The topological polar surface area (TPSA) is 132 Å². The van der Waals surface area contributed by atoms with Gasteiger partial charge in [-0.05, 0) is 45.2 Å². The Morgan fingerprint density at radius 1 is 0.370 bits per heavy atom. The van der Waals surface area contributed by atoms with E-state index in [9.17, 15) is 0 Å². The van der Waals surface area contributed by atoms with E-state index in [0.29, 0.717) is 151 Å². The molecule has 46 heavy (non-hydrogen) atoms. The van der Waals surface area contributed by atoms with Crippen molar-refractivity contribution in [2.45, 2.75) is 44.5 Å². The number of hydrogen-bond acceptors (Lipinski definition) is 14. The van der Waals surface area contributed by atoms with Crippen molar-refractivity contribution in [1.29, 1.82) is 0 Å². The second-order valence-corrected chi connectivity index (χ2v) is 10.6. The molecule has 0 radical (unpaired) electrons. The predicted molar refractivity (Wildman–Crippen MR) is 170 cm³/mol. The largest absolute Gasteiger partial charge is 0.377 e. The highest BCUT2D eigenvalue weighted by atomic mass is 16.7. The van der Waals surface area contributed by atoms with Crippen molar-refractivity contribution in [2.24, 2.45) is 0 Å². The fourth-order valence-electron chi connectivity index (χ4n) is 4.40. The number of nitrogens with one attached hydrogen (secondary N) is 1. The molecule has 2 aliphatic rings. The molecule has 0 aliphatic carbocycles. The standard InChI is InChI=1S/C32H63NO13/c1-2-8-45-32(3-1)46-30-28-43-26-24-41-22-20-39-18-16-37-14-12-35-10-9-34-11-13-36-15-17-38-19-21-40-23-25-42-27-29-44-31-4-6-33-7-5-31/h31-33H,1-30H2. The van der Waals surface area contributed by atoms with Crippen LogP contribution >= 0.6 is 0 Å². The average molecular weight is 670 g/mol. The maximum absolute atomic E-state index is 5.79. The van der Waals surface area contributed by atoms with Crippen LogP contribution in [0.5, 0.6) is 0 Å². The minimum Gasteiger partial charge on any atom is -0.377 e. The van der Waals surface area contributed by atoms with Crippen LogP contribution in [-0.4, -0.2) is 177 Å². The van der Waals surface area contributed by atoms with E-state index in [4.69, 9.17) is 61.6 Å². The Hall–Kier alpha value is -0.560. The third-order valence-corrected chi connectivity index (χ3v) is 6.88. The summed E-state index contributed by atoms with van der Waals surface area (Å²) in [6.45, 7) is 14.7. The normalized spacial score (nSPS) is 17.6. The van der Waals surface area contributed by atoms with Crippen LogP contribution in [0.25, 0.3) is 0 Å². The van der Waals surface area contributed by atoms with Crippen molar-refractivity contribution in [2.75, 3.05) is 165 Å². The third-order valence-electron chi connectivity index (χ3n) is 6.88. The van der Waals surface area contributed by atoms with Crippen LogP contribution < -0.4 is 5.32 Å². The SMILES string of the molecule is C1CCC(OCCOCCOCCOCCOCCOCCOCCOCCOCCOCCOCCOC2CCNCC2)OC1. The summed E-state index contributed by atoms with van der Waals surface area (Å²) in [6, 6.07) is 0. The summed E-state index contributed by atoms with van der Waals surface area (Å²) in [5.74, 6) is 0. The first-order valence-corrected chi connectivity index (χ1v) is 17.3. The van der Waals surface area contributed by atoms with Crippen LogP contribution in [0.15, 0.2) is 0 Å². The summed E-state index contributed by atoms with van der Waals surface area (Å²) >= 11 is 0. The Morgan fingerprint density at radius 2 is 0.696 bits per heavy atom. The summed E-state index contributed by atoms with van der Waals surface area (Å²) in [6.07, 6.45) is 5.73. The molecule has 274 valence electrons. The van der Waals surface area contributed by atoms with Gasteiger partial charge in [-0.3, -0.25) is 0 Å². The van der Waals surface area contributed by atoms with Crippen molar-refractivity contribution in [3.05, 3.63) is 0 Å². The number of ether oxygens (including phenoxy) is 13. The molecule has 0 aromatic carbocycles. The van der Waals surface area contributed by atoms with E-state index in [1.165, 1.54) is 6.42 Å². The van der Waals surface area contributed by atoms with Gasteiger partial charge in [-0.25, -0.2) is 0 Å². The number of rotatable bonds is 35. The fourth-order valence-corrected chi connectivity index (χ4v) is 4.40. The first-order valence-electron chi connectivity index (χ1n) is 17.3. The molecular formula is C32H63NO13. The monoisotopic (exact) mass is 669 g/mol. The molecule has 2 heterocycles. The van der Waals surface area contributed by atoms with E-state index in [1.54, 1.807) is 0 Å². The highest BCUT2D eigenvalue weighted by molar-refractivity contribution is 4.67. The van der Waals surface area contributed by atoms with Gasteiger partial charge < -0.3 is 66.9 Å². The van der Waals surface area contributed by atoms with Crippen LogP contribution in [0.4, 0.5) is 0 Å². The van der Waals surface area contributed by atoms with Crippen molar-refractivity contribution in [3.8, 4) is 0 Å². The molecule has 14 nitrogen and oxygen atoms in total. The van der Waals surface area contributed by atoms with Gasteiger partial charge in [0.2, 0.25) is 0 Å². The molecule has 14 heteroatoms. The van der Waals surface area contributed by atoms with Gasteiger partial charge >= 0.3 is 0 Å². The molecule has 0 bridgehead atoms. The van der Waals surface area contributed by atoms with E-state index in [-0.39, 0.29) is 6.29 Å². The molecule has 0 amide bonds.